The summed E-state index contributed by atoms with van der Waals surface area (Å²) in [5.74, 6) is 0.773. The molecule has 6 unspecified atom stereocenters. The van der Waals surface area contributed by atoms with Crippen molar-refractivity contribution in [1.29, 1.82) is 0 Å². The van der Waals surface area contributed by atoms with Crippen LogP contribution in [0.25, 0.3) is 0 Å². The topological polar surface area (TPSA) is 80.1 Å². The van der Waals surface area contributed by atoms with Crippen LogP contribution in [-0.4, -0.2) is 170 Å². The van der Waals surface area contributed by atoms with Gasteiger partial charge in [0.05, 0.1) is 16.8 Å². The van der Waals surface area contributed by atoms with E-state index in [1.165, 1.54) is 55.7 Å². The summed E-state index contributed by atoms with van der Waals surface area (Å²) < 4.78 is 13.7. The first kappa shape index (κ1) is 52.1. The van der Waals surface area contributed by atoms with Crippen molar-refractivity contribution in [3.63, 3.8) is 0 Å². The zero-order chi connectivity index (χ0) is 46.5. The summed E-state index contributed by atoms with van der Waals surface area (Å²) in [5, 5.41) is 34.1. The molecule has 2 aromatic carbocycles. The van der Waals surface area contributed by atoms with E-state index in [9.17, 15) is 19.7 Å². The van der Waals surface area contributed by atoms with Crippen LogP contribution in [0.2, 0.25) is 0 Å². The van der Waals surface area contributed by atoms with Crippen LogP contribution in [-0.2, 0) is 11.2 Å². The Kier molecular flexibility index (Phi) is 19.9. The first-order valence-electron chi connectivity index (χ1n) is 26.1. The number of hydrogen-bond acceptors (Lipinski definition) is 9. The van der Waals surface area contributed by atoms with Crippen molar-refractivity contribution in [2.75, 3.05) is 119 Å². The van der Waals surface area contributed by atoms with E-state index in [0.717, 1.165) is 162 Å². The normalized spacial score (nSPS) is 32.2. The van der Waals surface area contributed by atoms with Crippen molar-refractivity contribution in [2.45, 2.75) is 127 Å². The van der Waals surface area contributed by atoms with E-state index in [1.807, 2.05) is 6.07 Å². The maximum atomic E-state index is 13.7. The SMILES string of the molecule is C=CC1(O)CCCCCC1CN1CCN(C)CC1.Cc1cc(C2(O)CCCCCC2CN2CCN(C)CC2)ccc1F.Cc1ccccc1C1(O)CCCCCC1CN1CCN(C)CC1. The molecule has 65 heavy (non-hydrogen) atoms. The van der Waals surface area contributed by atoms with Crippen LogP contribution in [0.15, 0.2) is 55.1 Å². The highest BCUT2D eigenvalue weighted by atomic mass is 19.1. The average Bonchev–Trinajstić information content (AvgIpc) is 3.70. The number of piperazine rings is 3. The molecule has 0 radical (unpaired) electrons. The van der Waals surface area contributed by atoms with Gasteiger partial charge >= 0.3 is 0 Å². The lowest BCUT2D eigenvalue weighted by molar-refractivity contribution is -0.0470. The van der Waals surface area contributed by atoms with Crippen LogP contribution in [0, 0.1) is 37.4 Å². The van der Waals surface area contributed by atoms with E-state index in [1.54, 1.807) is 19.1 Å². The van der Waals surface area contributed by atoms with Gasteiger partial charge in [0.2, 0.25) is 0 Å². The fourth-order valence-electron chi connectivity index (χ4n) is 12.0. The molecule has 9 nitrogen and oxygen atoms in total. The maximum Gasteiger partial charge on any atom is 0.126 e. The first-order chi connectivity index (χ1) is 31.2. The van der Waals surface area contributed by atoms with Gasteiger partial charge in [-0.25, -0.2) is 4.39 Å². The highest BCUT2D eigenvalue weighted by Gasteiger charge is 2.42. The Morgan fingerprint density at radius 3 is 1.45 bits per heavy atom. The van der Waals surface area contributed by atoms with Gasteiger partial charge in [0.15, 0.2) is 0 Å². The predicted octanol–water partition coefficient (Wildman–Crippen LogP) is 7.89. The van der Waals surface area contributed by atoms with Gasteiger partial charge in [-0.3, -0.25) is 0 Å². The van der Waals surface area contributed by atoms with Gasteiger partial charge in [-0.1, -0.05) is 100 Å². The summed E-state index contributed by atoms with van der Waals surface area (Å²) in [6.45, 7) is 24.3. The van der Waals surface area contributed by atoms with E-state index >= 15 is 0 Å². The van der Waals surface area contributed by atoms with Crippen LogP contribution < -0.4 is 0 Å². The monoisotopic (exact) mass is 903 g/mol. The van der Waals surface area contributed by atoms with E-state index in [2.05, 4.69) is 88.3 Å². The first-order valence-corrected chi connectivity index (χ1v) is 26.1. The molecular weight excluding hydrogens is 812 g/mol. The number of halogens is 1. The van der Waals surface area contributed by atoms with E-state index in [-0.39, 0.29) is 11.7 Å². The van der Waals surface area contributed by atoms with Crippen molar-refractivity contribution in [3.05, 3.63) is 83.2 Å². The molecule has 3 N–H and O–H groups in total. The molecule has 0 amide bonds. The molecular formula is C55H91FN6O3. The summed E-state index contributed by atoms with van der Waals surface area (Å²) in [4.78, 5) is 14.7. The molecule has 3 aliphatic carbocycles. The molecule has 6 atom stereocenters. The number of rotatable bonds is 9. The number of aliphatic hydroxyl groups is 3. The highest BCUT2D eigenvalue weighted by molar-refractivity contribution is 5.33. The third kappa shape index (κ3) is 14.4. The number of benzene rings is 2. The predicted molar refractivity (Wildman–Crippen MR) is 267 cm³/mol. The zero-order valence-electron chi connectivity index (χ0n) is 41.7. The lowest BCUT2D eigenvalue weighted by Crippen LogP contribution is -2.49. The summed E-state index contributed by atoms with van der Waals surface area (Å²) in [5.41, 5.74) is 1.84. The van der Waals surface area contributed by atoms with Crippen molar-refractivity contribution in [3.8, 4) is 0 Å². The molecule has 3 aliphatic heterocycles. The number of hydrogen-bond donors (Lipinski definition) is 3. The highest BCUT2D eigenvalue weighted by Crippen LogP contribution is 2.43. The summed E-state index contributed by atoms with van der Waals surface area (Å²) in [6.07, 6.45) is 18.5. The Morgan fingerprint density at radius 1 is 0.538 bits per heavy atom. The second kappa shape index (κ2) is 24.9. The fraction of sp³-hybridized carbons (Fsp3) is 0.745. The average molecular weight is 903 g/mol. The molecule has 0 bridgehead atoms. The molecule has 6 fully saturated rings. The minimum Gasteiger partial charge on any atom is -0.385 e. The van der Waals surface area contributed by atoms with Crippen LogP contribution >= 0.6 is 0 Å². The maximum absolute atomic E-state index is 13.7. The Hall–Kier alpha value is -2.25. The standard InChI is InChI=1S/C20H31FN2O.C20H32N2O.C15H28N2O/c1-16-14-17(7-8-19(16)21)20(24)9-5-3-4-6-18(20)15-23-12-10-22(2)11-13-23;1-17-8-5-6-10-19(17)20(23)11-7-3-4-9-18(20)16-22-14-12-21(2)13-15-22;1-3-15(18)8-6-4-5-7-14(15)13-17-11-9-16(2)10-12-17/h7-8,14,18,24H,3-6,9-13,15H2,1-2H3;5-6,8,10,18,23H,3-4,7,9,11-16H2,1-2H3;3,14,18H,1,4-13H2,2H3. The lowest BCUT2D eigenvalue weighted by atomic mass is 9.76. The molecule has 0 spiro atoms. The zero-order valence-corrected chi connectivity index (χ0v) is 41.7. The van der Waals surface area contributed by atoms with Gasteiger partial charge < -0.3 is 44.7 Å². The Labute approximate surface area is 395 Å². The second-order valence-corrected chi connectivity index (χ2v) is 21.5. The molecule has 3 heterocycles. The number of nitrogens with zero attached hydrogens (tertiary/aromatic N) is 6. The fourth-order valence-corrected chi connectivity index (χ4v) is 12.0. The Bertz CT molecular complexity index is 1730. The molecule has 3 saturated heterocycles. The Balaban J connectivity index is 0.000000163. The van der Waals surface area contributed by atoms with Gasteiger partial charge in [-0.15, -0.1) is 6.58 Å². The number of aryl methyl sites for hydroxylation is 2. The molecule has 2 aromatic rings. The van der Waals surface area contributed by atoms with E-state index in [4.69, 9.17) is 0 Å². The van der Waals surface area contributed by atoms with Gasteiger partial charge in [-0.2, -0.15) is 0 Å². The molecule has 10 heteroatoms. The van der Waals surface area contributed by atoms with Crippen molar-refractivity contribution < 1.29 is 19.7 Å². The molecule has 8 rings (SSSR count). The van der Waals surface area contributed by atoms with Crippen molar-refractivity contribution >= 4 is 0 Å². The summed E-state index contributed by atoms with van der Waals surface area (Å²) in [7, 11) is 6.55. The molecule has 0 aromatic heterocycles. The number of likely N-dealkylation sites (N-methyl/N-ethyl adjacent to an activating group) is 3. The largest absolute Gasteiger partial charge is 0.385 e. The van der Waals surface area contributed by atoms with Gasteiger partial charge in [-0.05, 0) is 102 Å². The lowest BCUT2D eigenvalue weighted by Gasteiger charge is -2.41. The minimum atomic E-state index is -0.821. The Morgan fingerprint density at radius 2 is 0.969 bits per heavy atom. The van der Waals surface area contributed by atoms with Crippen molar-refractivity contribution in [2.24, 2.45) is 17.8 Å². The summed E-state index contributed by atoms with van der Waals surface area (Å²) in [6, 6.07) is 13.6. The minimum absolute atomic E-state index is 0.188. The van der Waals surface area contributed by atoms with Crippen molar-refractivity contribution in [1.82, 2.24) is 29.4 Å². The van der Waals surface area contributed by atoms with Gasteiger partial charge in [0.1, 0.15) is 5.82 Å². The van der Waals surface area contributed by atoms with Crippen LogP contribution in [0.3, 0.4) is 0 Å². The molecule has 3 saturated carbocycles. The van der Waals surface area contributed by atoms with Crippen LogP contribution in [0.4, 0.5) is 4.39 Å². The summed E-state index contributed by atoms with van der Waals surface area (Å²) >= 11 is 0. The van der Waals surface area contributed by atoms with E-state index in [0.29, 0.717) is 17.4 Å². The van der Waals surface area contributed by atoms with Gasteiger partial charge in [0.25, 0.3) is 0 Å². The molecule has 6 aliphatic rings. The smallest absolute Gasteiger partial charge is 0.126 e. The van der Waals surface area contributed by atoms with E-state index < -0.39 is 16.8 Å². The second-order valence-electron chi connectivity index (χ2n) is 21.5. The molecule has 366 valence electrons. The third-order valence-corrected chi connectivity index (χ3v) is 16.8. The van der Waals surface area contributed by atoms with Gasteiger partial charge in [0, 0.05) is 116 Å². The quantitative estimate of drug-likeness (QED) is 0.172. The van der Waals surface area contributed by atoms with Crippen LogP contribution in [0.1, 0.15) is 119 Å². The van der Waals surface area contributed by atoms with Crippen LogP contribution in [0.5, 0.6) is 0 Å². The third-order valence-electron chi connectivity index (χ3n) is 16.8.